The van der Waals surface area contributed by atoms with Crippen LogP contribution in [-0.2, 0) is 6.54 Å². The Morgan fingerprint density at radius 3 is 2.84 bits per heavy atom. The number of pyridine rings is 1. The molecule has 6 nitrogen and oxygen atoms in total. The molecule has 0 aliphatic carbocycles. The van der Waals surface area contributed by atoms with Crippen molar-refractivity contribution in [3.8, 4) is 5.82 Å². The monoisotopic (exact) mass is 319 g/mol. The average molecular weight is 320 g/mol. The van der Waals surface area contributed by atoms with Crippen molar-refractivity contribution in [1.82, 2.24) is 19.7 Å². The second-order valence-electron chi connectivity index (χ2n) is 3.80. The SMILES string of the molecule is Brc1ccc(CNc2ccc(-n3cncn3)nc2)o1. The Kier molecular flexibility index (Phi) is 3.28. The number of nitrogens with one attached hydrogen (secondary N) is 1. The lowest BCUT2D eigenvalue weighted by Gasteiger charge is -2.05. The highest BCUT2D eigenvalue weighted by Gasteiger charge is 2.01. The van der Waals surface area contributed by atoms with Gasteiger partial charge in [-0.05, 0) is 40.2 Å². The van der Waals surface area contributed by atoms with Gasteiger partial charge in [-0.3, -0.25) is 0 Å². The predicted octanol–water partition coefficient (Wildman–Crippen LogP) is 2.63. The highest BCUT2D eigenvalue weighted by atomic mass is 79.9. The summed E-state index contributed by atoms with van der Waals surface area (Å²) in [6.45, 7) is 0.607. The Bertz CT molecular complexity index is 647. The fourth-order valence-electron chi connectivity index (χ4n) is 1.59. The summed E-state index contributed by atoms with van der Waals surface area (Å²) in [5, 5.41) is 7.24. The molecule has 3 heterocycles. The van der Waals surface area contributed by atoms with E-state index in [1.807, 2.05) is 24.3 Å². The van der Waals surface area contributed by atoms with Crippen molar-refractivity contribution in [2.45, 2.75) is 6.54 Å². The predicted molar refractivity (Wildman–Crippen MR) is 72.9 cm³/mol. The van der Waals surface area contributed by atoms with E-state index in [1.165, 1.54) is 6.33 Å². The first kappa shape index (κ1) is 11.9. The molecule has 0 fully saturated rings. The summed E-state index contributed by atoms with van der Waals surface area (Å²) < 4.78 is 7.73. The molecular formula is C12H10BrN5O. The van der Waals surface area contributed by atoms with E-state index in [9.17, 15) is 0 Å². The molecule has 0 saturated carbocycles. The molecule has 3 aromatic heterocycles. The summed E-state index contributed by atoms with van der Waals surface area (Å²) in [4.78, 5) is 8.18. The number of aromatic nitrogens is 4. The van der Waals surface area contributed by atoms with Crippen LogP contribution in [0.3, 0.4) is 0 Å². The molecule has 0 radical (unpaired) electrons. The van der Waals surface area contributed by atoms with Crippen molar-refractivity contribution in [2.24, 2.45) is 0 Å². The molecule has 7 heteroatoms. The molecule has 0 aliphatic heterocycles. The molecular weight excluding hydrogens is 310 g/mol. The summed E-state index contributed by atoms with van der Waals surface area (Å²) in [7, 11) is 0. The van der Waals surface area contributed by atoms with Crippen LogP contribution in [0.5, 0.6) is 0 Å². The zero-order valence-electron chi connectivity index (χ0n) is 9.82. The van der Waals surface area contributed by atoms with Gasteiger partial charge in [-0.15, -0.1) is 0 Å². The molecule has 0 aromatic carbocycles. The Morgan fingerprint density at radius 2 is 2.21 bits per heavy atom. The molecule has 0 amide bonds. The first-order valence-electron chi connectivity index (χ1n) is 5.60. The lowest BCUT2D eigenvalue weighted by Crippen LogP contribution is -2.01. The van der Waals surface area contributed by atoms with Gasteiger partial charge in [-0.1, -0.05) is 0 Å². The molecule has 0 unspecified atom stereocenters. The number of anilines is 1. The third-order valence-corrected chi connectivity index (χ3v) is 2.92. The third-order valence-electron chi connectivity index (χ3n) is 2.50. The highest BCUT2D eigenvalue weighted by molar-refractivity contribution is 9.10. The van der Waals surface area contributed by atoms with Gasteiger partial charge in [0.15, 0.2) is 10.5 Å². The summed E-state index contributed by atoms with van der Waals surface area (Å²) in [5.74, 6) is 1.58. The standard InChI is InChI=1S/C12H10BrN5O/c13-11-3-2-10(19-11)6-15-9-1-4-12(16-5-9)18-8-14-7-17-18/h1-5,7-8,15H,6H2. The van der Waals surface area contributed by atoms with Crippen LogP contribution in [0.15, 0.2) is 52.2 Å². The first-order valence-corrected chi connectivity index (χ1v) is 6.40. The van der Waals surface area contributed by atoms with Gasteiger partial charge >= 0.3 is 0 Å². The van der Waals surface area contributed by atoms with E-state index >= 15 is 0 Å². The van der Waals surface area contributed by atoms with Gasteiger partial charge in [0.1, 0.15) is 18.4 Å². The minimum absolute atomic E-state index is 0.607. The van der Waals surface area contributed by atoms with E-state index in [1.54, 1.807) is 17.2 Å². The van der Waals surface area contributed by atoms with Gasteiger partial charge in [0.25, 0.3) is 0 Å². The minimum atomic E-state index is 0.607. The van der Waals surface area contributed by atoms with Crippen molar-refractivity contribution >= 4 is 21.6 Å². The quantitative estimate of drug-likeness (QED) is 0.800. The normalized spacial score (nSPS) is 10.6. The van der Waals surface area contributed by atoms with E-state index in [-0.39, 0.29) is 0 Å². The number of hydrogen-bond donors (Lipinski definition) is 1. The molecule has 0 atom stereocenters. The third kappa shape index (κ3) is 2.82. The average Bonchev–Trinajstić information content (AvgIpc) is 3.08. The Labute approximate surface area is 117 Å². The number of rotatable bonds is 4. The second-order valence-corrected chi connectivity index (χ2v) is 4.59. The summed E-state index contributed by atoms with van der Waals surface area (Å²) in [6.07, 6.45) is 4.83. The van der Waals surface area contributed by atoms with Gasteiger partial charge in [0.2, 0.25) is 0 Å². The topological polar surface area (TPSA) is 68.8 Å². The van der Waals surface area contributed by atoms with Crippen LogP contribution < -0.4 is 5.32 Å². The number of halogens is 1. The number of nitrogens with zero attached hydrogens (tertiary/aromatic N) is 4. The lowest BCUT2D eigenvalue weighted by molar-refractivity contribution is 0.495. The maximum Gasteiger partial charge on any atom is 0.169 e. The molecule has 3 aromatic rings. The molecule has 1 N–H and O–H groups in total. The Balaban J connectivity index is 1.66. The van der Waals surface area contributed by atoms with Crippen LogP contribution in [0.4, 0.5) is 5.69 Å². The van der Waals surface area contributed by atoms with E-state index in [4.69, 9.17) is 4.42 Å². The highest BCUT2D eigenvalue weighted by Crippen LogP contribution is 2.16. The van der Waals surface area contributed by atoms with Crippen molar-refractivity contribution in [2.75, 3.05) is 5.32 Å². The largest absolute Gasteiger partial charge is 0.452 e. The Morgan fingerprint density at radius 1 is 1.26 bits per heavy atom. The van der Waals surface area contributed by atoms with Gasteiger partial charge in [-0.2, -0.15) is 5.10 Å². The first-order chi connectivity index (χ1) is 9.31. The zero-order chi connectivity index (χ0) is 13.1. The molecule has 0 aliphatic rings. The van der Waals surface area contributed by atoms with Crippen molar-refractivity contribution in [3.63, 3.8) is 0 Å². The van der Waals surface area contributed by atoms with E-state index in [0.29, 0.717) is 6.54 Å². The summed E-state index contributed by atoms with van der Waals surface area (Å²) in [6, 6.07) is 7.58. The zero-order valence-corrected chi connectivity index (χ0v) is 11.4. The maximum absolute atomic E-state index is 5.40. The fourth-order valence-corrected chi connectivity index (χ4v) is 1.93. The molecule has 96 valence electrons. The molecule has 0 spiro atoms. The van der Waals surface area contributed by atoms with Crippen molar-refractivity contribution in [3.05, 3.63) is 53.5 Å². The smallest absolute Gasteiger partial charge is 0.169 e. The van der Waals surface area contributed by atoms with Crippen molar-refractivity contribution in [1.29, 1.82) is 0 Å². The number of hydrogen-bond acceptors (Lipinski definition) is 5. The maximum atomic E-state index is 5.40. The van der Waals surface area contributed by atoms with Crippen molar-refractivity contribution < 1.29 is 4.42 Å². The van der Waals surface area contributed by atoms with Crippen LogP contribution in [0.2, 0.25) is 0 Å². The van der Waals surface area contributed by atoms with Gasteiger partial charge in [0.05, 0.1) is 18.4 Å². The molecule has 0 saturated heterocycles. The number of furan rings is 1. The minimum Gasteiger partial charge on any atom is -0.452 e. The van der Waals surface area contributed by atoms with Gasteiger partial charge in [0, 0.05) is 0 Å². The van der Waals surface area contributed by atoms with E-state index in [2.05, 4.69) is 36.3 Å². The van der Waals surface area contributed by atoms with Crippen LogP contribution in [-0.4, -0.2) is 19.7 Å². The van der Waals surface area contributed by atoms with Gasteiger partial charge < -0.3 is 9.73 Å². The molecule has 19 heavy (non-hydrogen) atoms. The van der Waals surface area contributed by atoms with Crippen LogP contribution >= 0.6 is 15.9 Å². The summed E-state index contributed by atoms with van der Waals surface area (Å²) >= 11 is 3.27. The Hall–Kier alpha value is -2.15. The fraction of sp³-hybridized carbons (Fsp3) is 0.0833. The van der Waals surface area contributed by atoms with Crippen LogP contribution in [0, 0.1) is 0 Å². The van der Waals surface area contributed by atoms with Crippen LogP contribution in [0.1, 0.15) is 5.76 Å². The van der Waals surface area contributed by atoms with Gasteiger partial charge in [-0.25, -0.2) is 14.6 Å². The second kappa shape index (κ2) is 5.23. The lowest BCUT2D eigenvalue weighted by atomic mass is 10.3. The molecule has 3 rings (SSSR count). The molecule has 0 bridgehead atoms. The van der Waals surface area contributed by atoms with E-state index in [0.717, 1.165) is 21.9 Å². The summed E-state index contributed by atoms with van der Waals surface area (Å²) in [5.41, 5.74) is 0.913. The van der Waals surface area contributed by atoms with E-state index < -0.39 is 0 Å². The van der Waals surface area contributed by atoms with Crippen LogP contribution in [0.25, 0.3) is 5.82 Å².